The molecule has 0 amide bonds. The molecule has 1 aromatic carbocycles. The van der Waals surface area contributed by atoms with E-state index in [1.165, 1.54) is 5.56 Å². The zero-order valence-corrected chi connectivity index (χ0v) is 9.98. The highest BCUT2D eigenvalue weighted by atomic mass is 15.4. The molecule has 0 bridgehead atoms. The summed E-state index contributed by atoms with van der Waals surface area (Å²) in [4.78, 5) is 6.43. The molecule has 0 aromatic heterocycles. The van der Waals surface area contributed by atoms with Crippen LogP contribution in [-0.4, -0.2) is 23.9 Å². The summed E-state index contributed by atoms with van der Waals surface area (Å²) in [6.45, 7) is 6.50. The van der Waals surface area contributed by atoms with Crippen LogP contribution in [0, 0.1) is 0 Å². The summed E-state index contributed by atoms with van der Waals surface area (Å²) in [5.74, 6) is 6.21. The minimum absolute atomic E-state index is 0.727. The number of hydrazine groups is 1. The average Bonchev–Trinajstić information content (AvgIpc) is 2.35. The van der Waals surface area contributed by atoms with E-state index < -0.39 is 0 Å². The fourth-order valence-corrected chi connectivity index (χ4v) is 1.53. The van der Waals surface area contributed by atoms with Gasteiger partial charge in [0.1, 0.15) is 0 Å². The second kappa shape index (κ2) is 6.85. The second-order valence-electron chi connectivity index (χ2n) is 3.44. The lowest BCUT2D eigenvalue weighted by molar-refractivity contribution is 0.417. The van der Waals surface area contributed by atoms with Gasteiger partial charge in [-0.3, -0.25) is 10.4 Å². The summed E-state index contributed by atoms with van der Waals surface area (Å²) in [5, 5.41) is 0. The van der Waals surface area contributed by atoms with Crippen molar-refractivity contribution in [1.82, 2.24) is 10.3 Å². The van der Waals surface area contributed by atoms with E-state index in [-0.39, 0.29) is 0 Å². The minimum Gasteiger partial charge on any atom is -0.338 e. The van der Waals surface area contributed by atoms with Crippen molar-refractivity contribution in [3.8, 4) is 0 Å². The normalized spacial score (nSPS) is 11.3. The van der Waals surface area contributed by atoms with Gasteiger partial charge in [-0.1, -0.05) is 30.3 Å². The summed E-state index contributed by atoms with van der Waals surface area (Å²) in [6, 6.07) is 10.3. The molecule has 4 heteroatoms. The van der Waals surface area contributed by atoms with Crippen molar-refractivity contribution in [2.45, 2.75) is 20.4 Å². The Morgan fingerprint density at radius 3 is 2.50 bits per heavy atom. The molecule has 1 rings (SSSR count). The molecule has 0 spiro atoms. The first-order valence-corrected chi connectivity index (χ1v) is 5.61. The Bertz CT molecular complexity index is 321. The van der Waals surface area contributed by atoms with Gasteiger partial charge in [0, 0.05) is 19.6 Å². The molecule has 1 aromatic rings. The van der Waals surface area contributed by atoms with E-state index in [9.17, 15) is 0 Å². The molecular weight excluding hydrogens is 200 g/mol. The van der Waals surface area contributed by atoms with E-state index in [1.807, 2.05) is 25.1 Å². The van der Waals surface area contributed by atoms with E-state index in [4.69, 9.17) is 5.84 Å². The summed E-state index contributed by atoms with van der Waals surface area (Å²) >= 11 is 0. The number of nitrogens with zero attached hydrogens (tertiary/aromatic N) is 2. The first kappa shape index (κ1) is 12.5. The third kappa shape index (κ3) is 3.55. The Kier molecular flexibility index (Phi) is 5.36. The van der Waals surface area contributed by atoms with Gasteiger partial charge < -0.3 is 4.90 Å². The van der Waals surface area contributed by atoms with Gasteiger partial charge in [0.25, 0.3) is 0 Å². The molecule has 0 aliphatic heterocycles. The molecule has 0 unspecified atom stereocenters. The number of nitrogens with two attached hydrogens (primary N) is 1. The smallest absolute Gasteiger partial charge is 0.208 e. The zero-order chi connectivity index (χ0) is 11.8. The molecule has 0 aliphatic carbocycles. The maximum Gasteiger partial charge on any atom is 0.208 e. The van der Waals surface area contributed by atoms with E-state index in [1.54, 1.807) is 0 Å². The van der Waals surface area contributed by atoms with Crippen molar-refractivity contribution >= 4 is 5.96 Å². The van der Waals surface area contributed by atoms with Crippen molar-refractivity contribution in [3.63, 3.8) is 0 Å². The number of nitrogens with one attached hydrogen (secondary N) is 1. The quantitative estimate of drug-likeness (QED) is 0.348. The van der Waals surface area contributed by atoms with Gasteiger partial charge in [-0.2, -0.15) is 0 Å². The predicted molar refractivity (Wildman–Crippen MR) is 67.8 cm³/mol. The summed E-state index contributed by atoms with van der Waals surface area (Å²) in [6.07, 6.45) is 0. The fraction of sp³-hybridized carbons (Fsp3) is 0.417. The molecule has 0 saturated carbocycles. The van der Waals surface area contributed by atoms with Crippen LogP contribution in [0.15, 0.2) is 35.3 Å². The summed E-state index contributed by atoms with van der Waals surface area (Å²) in [7, 11) is 0. The minimum atomic E-state index is 0.727. The van der Waals surface area contributed by atoms with Crippen molar-refractivity contribution in [2.24, 2.45) is 10.8 Å². The lowest BCUT2D eigenvalue weighted by atomic mass is 10.2. The number of guanidine groups is 1. The number of rotatable bonds is 4. The maximum absolute atomic E-state index is 5.47. The zero-order valence-electron chi connectivity index (χ0n) is 9.98. The molecule has 0 heterocycles. The third-order valence-electron chi connectivity index (χ3n) is 2.33. The highest BCUT2D eigenvalue weighted by molar-refractivity contribution is 5.79. The van der Waals surface area contributed by atoms with Crippen LogP contribution in [0.4, 0.5) is 0 Å². The number of hydrogen-bond acceptors (Lipinski definition) is 2. The highest BCUT2D eigenvalue weighted by Gasteiger charge is 2.07. The van der Waals surface area contributed by atoms with Gasteiger partial charge >= 0.3 is 0 Å². The molecule has 88 valence electrons. The van der Waals surface area contributed by atoms with Gasteiger partial charge in [-0.05, 0) is 19.4 Å². The van der Waals surface area contributed by atoms with Gasteiger partial charge in [-0.25, -0.2) is 5.84 Å². The van der Waals surface area contributed by atoms with E-state index in [0.29, 0.717) is 0 Å². The lowest BCUT2D eigenvalue weighted by Crippen LogP contribution is -2.44. The van der Waals surface area contributed by atoms with E-state index in [0.717, 1.165) is 25.6 Å². The van der Waals surface area contributed by atoms with Crippen molar-refractivity contribution in [1.29, 1.82) is 0 Å². The van der Waals surface area contributed by atoms with E-state index >= 15 is 0 Å². The first-order valence-electron chi connectivity index (χ1n) is 5.61. The van der Waals surface area contributed by atoms with Gasteiger partial charge in [0.2, 0.25) is 5.96 Å². The highest BCUT2D eigenvalue weighted by Crippen LogP contribution is 2.04. The molecule has 0 aliphatic rings. The van der Waals surface area contributed by atoms with Gasteiger partial charge in [0.15, 0.2) is 0 Å². The Morgan fingerprint density at radius 1 is 1.31 bits per heavy atom. The second-order valence-corrected chi connectivity index (χ2v) is 3.44. The Hall–Kier alpha value is -1.55. The number of aliphatic imine (C=N–C) groups is 1. The van der Waals surface area contributed by atoms with Crippen LogP contribution in [0.2, 0.25) is 0 Å². The monoisotopic (exact) mass is 220 g/mol. The average molecular weight is 220 g/mol. The van der Waals surface area contributed by atoms with Gasteiger partial charge in [-0.15, -0.1) is 0 Å². The Balaban J connectivity index is 2.72. The lowest BCUT2D eigenvalue weighted by Gasteiger charge is -2.24. The third-order valence-corrected chi connectivity index (χ3v) is 2.33. The predicted octanol–water partition coefficient (Wildman–Crippen LogP) is 1.35. The largest absolute Gasteiger partial charge is 0.338 e. The Morgan fingerprint density at radius 2 is 2.00 bits per heavy atom. The molecular formula is C12H20N4. The topological polar surface area (TPSA) is 53.6 Å². The van der Waals surface area contributed by atoms with Crippen LogP contribution in [0.3, 0.4) is 0 Å². The molecule has 0 saturated heterocycles. The molecule has 0 atom stereocenters. The first-order chi connectivity index (χ1) is 7.81. The molecule has 3 N–H and O–H groups in total. The number of benzene rings is 1. The molecule has 0 radical (unpaired) electrons. The number of hydrogen-bond donors (Lipinski definition) is 2. The summed E-state index contributed by atoms with van der Waals surface area (Å²) < 4.78 is 0. The van der Waals surface area contributed by atoms with Gasteiger partial charge in [0.05, 0.1) is 0 Å². The van der Waals surface area contributed by atoms with Crippen LogP contribution in [0.5, 0.6) is 0 Å². The van der Waals surface area contributed by atoms with Crippen LogP contribution in [0.25, 0.3) is 0 Å². The maximum atomic E-state index is 5.47. The van der Waals surface area contributed by atoms with Crippen LogP contribution in [0.1, 0.15) is 19.4 Å². The fourth-order valence-electron chi connectivity index (χ4n) is 1.53. The Labute approximate surface area is 97.1 Å². The molecule has 0 fully saturated rings. The van der Waals surface area contributed by atoms with Crippen molar-refractivity contribution in [3.05, 3.63) is 35.9 Å². The SMILES string of the molecule is CCN=C(NN)N(CC)Cc1ccccc1. The molecule has 16 heavy (non-hydrogen) atoms. The van der Waals surface area contributed by atoms with Crippen LogP contribution < -0.4 is 11.3 Å². The van der Waals surface area contributed by atoms with Crippen molar-refractivity contribution in [2.75, 3.05) is 13.1 Å². The molecule has 4 nitrogen and oxygen atoms in total. The van der Waals surface area contributed by atoms with Crippen molar-refractivity contribution < 1.29 is 0 Å². The van der Waals surface area contributed by atoms with E-state index in [2.05, 4.69) is 34.4 Å². The van der Waals surface area contributed by atoms with Crippen LogP contribution in [-0.2, 0) is 6.54 Å². The standard InChI is InChI=1S/C12H20N4/c1-3-14-12(15-13)16(4-2)10-11-8-6-5-7-9-11/h5-9H,3-4,10,13H2,1-2H3,(H,14,15). The summed E-state index contributed by atoms with van der Waals surface area (Å²) in [5.41, 5.74) is 3.90. The van der Waals surface area contributed by atoms with Crippen LogP contribution >= 0.6 is 0 Å².